The fourth-order valence-electron chi connectivity index (χ4n) is 2.73. The fourth-order valence-corrected chi connectivity index (χ4v) is 2.73. The van der Waals surface area contributed by atoms with Crippen LogP contribution in [0.5, 0.6) is 0 Å². The lowest BCUT2D eigenvalue weighted by molar-refractivity contribution is -0.149. The first-order valence-electron chi connectivity index (χ1n) is 7.85. The van der Waals surface area contributed by atoms with E-state index in [-0.39, 0.29) is 19.5 Å². The highest BCUT2D eigenvalue weighted by Crippen LogP contribution is 2.31. The van der Waals surface area contributed by atoms with E-state index >= 15 is 0 Å². The van der Waals surface area contributed by atoms with Gasteiger partial charge in [-0.15, -0.1) is 0 Å². The molecule has 0 aromatic rings. The lowest BCUT2D eigenvalue weighted by atomic mass is 9.95. The number of primary amides is 1. The van der Waals surface area contributed by atoms with Gasteiger partial charge in [-0.3, -0.25) is 9.69 Å². The maximum absolute atomic E-state index is 12.4. The number of aliphatic hydroxyl groups excluding tert-OH is 1. The number of likely N-dealkylation sites (tertiary alicyclic amines) is 1. The Bertz CT molecular complexity index is 502. The van der Waals surface area contributed by atoms with Crippen molar-refractivity contribution in [3.05, 3.63) is 0 Å². The monoisotopic (exact) mass is 345 g/mol. The highest BCUT2D eigenvalue weighted by atomic mass is 16.6. The molecule has 5 N–H and O–H groups in total. The molecule has 1 saturated heterocycles. The number of nitrogens with one attached hydrogen (secondary N) is 1. The van der Waals surface area contributed by atoms with E-state index in [1.165, 1.54) is 6.92 Å². The molecule has 138 valence electrons. The first kappa shape index (κ1) is 20.2. The van der Waals surface area contributed by atoms with Gasteiger partial charge in [0.15, 0.2) is 5.54 Å². The van der Waals surface area contributed by atoms with Gasteiger partial charge in [-0.05, 0) is 40.5 Å². The number of hydrogen-bond donors (Lipinski definition) is 4. The number of nitrogens with zero attached hydrogens (tertiary/aromatic N) is 1. The first-order chi connectivity index (χ1) is 10.9. The lowest BCUT2D eigenvalue weighted by Crippen LogP contribution is -2.62. The number of aliphatic carboxylic acids is 1. The van der Waals surface area contributed by atoms with Gasteiger partial charge in [0.05, 0.1) is 6.10 Å². The van der Waals surface area contributed by atoms with Gasteiger partial charge in [-0.2, -0.15) is 0 Å². The third kappa shape index (κ3) is 4.57. The number of carboxylic acid groups (broad SMARTS) is 1. The van der Waals surface area contributed by atoms with E-state index in [2.05, 4.69) is 5.32 Å². The van der Waals surface area contributed by atoms with E-state index in [4.69, 9.17) is 10.5 Å². The van der Waals surface area contributed by atoms with Crippen LogP contribution < -0.4 is 11.1 Å². The van der Waals surface area contributed by atoms with Crippen molar-refractivity contribution < 1.29 is 29.3 Å². The maximum Gasteiger partial charge on any atom is 0.411 e. The molecule has 0 aliphatic carbocycles. The molecular formula is C15H27N3O6. The van der Waals surface area contributed by atoms with Gasteiger partial charge in [0.25, 0.3) is 0 Å². The molecule has 1 fully saturated rings. The third-order valence-corrected chi connectivity index (χ3v) is 3.90. The first-order valence-corrected chi connectivity index (χ1v) is 7.85. The van der Waals surface area contributed by atoms with E-state index in [1.54, 1.807) is 20.8 Å². The van der Waals surface area contributed by atoms with E-state index < -0.39 is 41.3 Å². The van der Waals surface area contributed by atoms with Crippen LogP contribution in [0.4, 0.5) is 4.79 Å². The molecule has 1 rings (SSSR count). The number of carbonyl (C=O) groups is 3. The topological polar surface area (TPSA) is 142 Å². The summed E-state index contributed by atoms with van der Waals surface area (Å²) in [7, 11) is 0. The van der Waals surface area contributed by atoms with Crippen molar-refractivity contribution in [1.29, 1.82) is 0 Å². The summed E-state index contributed by atoms with van der Waals surface area (Å²) in [6.07, 6.45) is -1.12. The Hall–Kier alpha value is -1.87. The molecule has 1 aliphatic heterocycles. The molecule has 9 heteroatoms. The van der Waals surface area contributed by atoms with Gasteiger partial charge in [-0.25, -0.2) is 9.59 Å². The zero-order chi connectivity index (χ0) is 18.7. The Morgan fingerprint density at radius 1 is 1.38 bits per heavy atom. The molecule has 9 nitrogen and oxygen atoms in total. The number of nitrogens with two attached hydrogens (primary N) is 1. The normalized spacial score (nSPS) is 23.6. The Balaban J connectivity index is 2.99. The fraction of sp³-hybridized carbons (Fsp3) is 0.800. The van der Waals surface area contributed by atoms with Gasteiger partial charge in [0.1, 0.15) is 11.6 Å². The maximum atomic E-state index is 12.4. The zero-order valence-electron chi connectivity index (χ0n) is 14.5. The molecule has 0 saturated carbocycles. The summed E-state index contributed by atoms with van der Waals surface area (Å²) in [5.41, 5.74) is 2.90. The average Bonchev–Trinajstić information content (AvgIpc) is 2.81. The molecule has 0 radical (unpaired) electrons. The van der Waals surface area contributed by atoms with Crippen LogP contribution in [0.2, 0.25) is 0 Å². The van der Waals surface area contributed by atoms with E-state index in [9.17, 15) is 24.6 Å². The van der Waals surface area contributed by atoms with E-state index in [0.29, 0.717) is 6.42 Å². The molecule has 1 aliphatic rings. The second kappa shape index (κ2) is 7.35. The molecule has 0 unspecified atom stereocenters. The summed E-state index contributed by atoms with van der Waals surface area (Å²) in [4.78, 5) is 36.8. The molecule has 0 bridgehead atoms. The van der Waals surface area contributed by atoms with Crippen molar-refractivity contribution in [2.45, 2.75) is 63.8 Å². The van der Waals surface area contributed by atoms with Crippen molar-refractivity contribution in [3.8, 4) is 0 Å². The smallest absolute Gasteiger partial charge is 0.411 e. The number of ether oxygens (including phenoxy) is 1. The molecule has 0 aromatic heterocycles. The van der Waals surface area contributed by atoms with Crippen molar-refractivity contribution in [3.63, 3.8) is 0 Å². The highest BCUT2D eigenvalue weighted by Gasteiger charge is 2.51. The number of amides is 2. The van der Waals surface area contributed by atoms with Crippen LogP contribution >= 0.6 is 0 Å². The summed E-state index contributed by atoms with van der Waals surface area (Å²) in [6.45, 7) is 6.46. The molecule has 2 amide bonds. The third-order valence-electron chi connectivity index (χ3n) is 3.90. The van der Waals surface area contributed by atoms with Crippen LogP contribution in [0.1, 0.15) is 40.5 Å². The Kier molecular flexibility index (Phi) is 6.18. The van der Waals surface area contributed by atoms with Gasteiger partial charge in [0.2, 0.25) is 5.91 Å². The Morgan fingerprint density at radius 3 is 2.38 bits per heavy atom. The number of carbonyl (C=O) groups excluding carboxylic acids is 2. The largest absolute Gasteiger partial charge is 0.479 e. The molecule has 24 heavy (non-hydrogen) atoms. The van der Waals surface area contributed by atoms with Crippen LogP contribution in [-0.4, -0.2) is 69.5 Å². The second-order valence-electron chi connectivity index (χ2n) is 7.07. The van der Waals surface area contributed by atoms with Crippen molar-refractivity contribution in [1.82, 2.24) is 10.2 Å². The van der Waals surface area contributed by atoms with Gasteiger partial charge in [-0.1, -0.05) is 0 Å². The number of aliphatic hydroxyl groups is 1. The number of hydrogen-bond acceptors (Lipinski definition) is 6. The van der Waals surface area contributed by atoms with Crippen molar-refractivity contribution >= 4 is 18.0 Å². The predicted octanol–water partition coefficient (Wildman–Crippen LogP) is -0.335. The van der Waals surface area contributed by atoms with Crippen molar-refractivity contribution in [2.75, 3.05) is 13.1 Å². The minimum Gasteiger partial charge on any atom is -0.479 e. The average molecular weight is 345 g/mol. The van der Waals surface area contributed by atoms with Gasteiger partial charge in [0, 0.05) is 13.1 Å². The zero-order valence-corrected chi connectivity index (χ0v) is 14.5. The molecule has 0 aromatic carbocycles. The SMILES string of the molecule is C[C@@H](O)[C@H](NC[C@]1(C(=O)O)CCCN1C(=O)OC(C)(C)C)C(N)=O. The molecule has 3 atom stereocenters. The Morgan fingerprint density at radius 2 is 1.96 bits per heavy atom. The van der Waals surface area contributed by atoms with Crippen LogP contribution in [0.3, 0.4) is 0 Å². The summed E-state index contributed by atoms with van der Waals surface area (Å²) >= 11 is 0. The van der Waals surface area contributed by atoms with Gasteiger partial charge >= 0.3 is 12.1 Å². The van der Waals surface area contributed by atoms with Crippen LogP contribution in [0.15, 0.2) is 0 Å². The number of rotatable bonds is 6. The summed E-state index contributed by atoms with van der Waals surface area (Å²) in [6, 6.07) is -1.11. The highest BCUT2D eigenvalue weighted by molar-refractivity contribution is 5.86. The Labute approximate surface area is 141 Å². The minimum absolute atomic E-state index is 0.208. The van der Waals surface area contributed by atoms with E-state index in [1.807, 2.05) is 0 Å². The quantitative estimate of drug-likeness (QED) is 0.516. The van der Waals surface area contributed by atoms with E-state index in [0.717, 1.165) is 4.90 Å². The van der Waals surface area contributed by atoms with Crippen LogP contribution in [-0.2, 0) is 14.3 Å². The standard InChI is InChI=1S/C15H27N3O6/c1-9(19)10(11(16)20)17-8-15(12(21)22)6-5-7-18(15)13(23)24-14(2,3)4/h9-10,17,19H,5-8H2,1-4H3,(H2,16,20)(H,21,22)/t9-,10+,15+/m1/s1. The summed E-state index contributed by atoms with van der Waals surface area (Å²) in [5.74, 6) is -2.00. The molecule has 0 spiro atoms. The lowest BCUT2D eigenvalue weighted by Gasteiger charge is -2.37. The molecule has 1 heterocycles. The van der Waals surface area contributed by atoms with Gasteiger partial charge < -0.3 is 26.0 Å². The van der Waals surface area contributed by atoms with Crippen LogP contribution in [0.25, 0.3) is 0 Å². The molecular weight excluding hydrogens is 318 g/mol. The van der Waals surface area contributed by atoms with Crippen molar-refractivity contribution in [2.24, 2.45) is 5.73 Å². The second-order valence-corrected chi connectivity index (χ2v) is 7.07. The minimum atomic E-state index is -1.55. The summed E-state index contributed by atoms with van der Waals surface area (Å²) < 4.78 is 5.28. The number of carboxylic acids is 1. The van der Waals surface area contributed by atoms with Crippen LogP contribution in [0, 0.1) is 0 Å². The predicted molar refractivity (Wildman–Crippen MR) is 85.2 cm³/mol. The summed E-state index contributed by atoms with van der Waals surface area (Å²) in [5, 5.41) is 22.0.